The van der Waals surface area contributed by atoms with Crippen LogP contribution in [0.1, 0.15) is 42.4 Å². The fourth-order valence-electron chi connectivity index (χ4n) is 2.51. The second-order valence-electron chi connectivity index (χ2n) is 5.76. The van der Waals surface area contributed by atoms with Gasteiger partial charge in [0.1, 0.15) is 5.75 Å². The van der Waals surface area contributed by atoms with Crippen LogP contribution in [0.5, 0.6) is 5.75 Å². The number of ether oxygens (including phenoxy) is 1. The van der Waals surface area contributed by atoms with E-state index in [0.29, 0.717) is 5.92 Å². The van der Waals surface area contributed by atoms with Crippen molar-refractivity contribution < 1.29 is 9.84 Å². The molecule has 2 aromatic carbocycles. The maximum absolute atomic E-state index is 9.71. The molecule has 2 rings (SSSR count). The van der Waals surface area contributed by atoms with E-state index in [0.717, 1.165) is 17.7 Å². The maximum atomic E-state index is 9.71. The Balaban J connectivity index is 2.14. The third-order valence-electron chi connectivity index (χ3n) is 3.91. The molecule has 112 valence electrons. The van der Waals surface area contributed by atoms with Crippen molar-refractivity contribution in [3.63, 3.8) is 0 Å². The van der Waals surface area contributed by atoms with E-state index in [4.69, 9.17) is 4.74 Å². The van der Waals surface area contributed by atoms with Gasteiger partial charge in [-0.05, 0) is 41.2 Å². The van der Waals surface area contributed by atoms with E-state index in [9.17, 15) is 5.11 Å². The summed E-state index contributed by atoms with van der Waals surface area (Å²) < 4.78 is 5.26. The summed E-state index contributed by atoms with van der Waals surface area (Å²) in [7, 11) is 1.66. The quantitative estimate of drug-likeness (QED) is 0.864. The van der Waals surface area contributed by atoms with E-state index < -0.39 is 0 Å². The molecule has 0 saturated carbocycles. The number of rotatable bonds is 6. The molecule has 21 heavy (non-hydrogen) atoms. The molecule has 1 unspecified atom stereocenters. The van der Waals surface area contributed by atoms with Crippen molar-refractivity contribution in [1.29, 1.82) is 0 Å². The zero-order valence-electron chi connectivity index (χ0n) is 13.0. The van der Waals surface area contributed by atoms with Crippen LogP contribution >= 0.6 is 0 Å². The normalized spacial score (nSPS) is 12.4. The number of hydrogen-bond donors (Lipinski definition) is 1. The van der Waals surface area contributed by atoms with Gasteiger partial charge in [0.2, 0.25) is 0 Å². The van der Waals surface area contributed by atoms with E-state index in [1.54, 1.807) is 7.11 Å². The fourth-order valence-corrected chi connectivity index (χ4v) is 2.51. The first-order valence-electron chi connectivity index (χ1n) is 7.47. The van der Waals surface area contributed by atoms with Crippen LogP contribution in [-0.2, 0) is 6.42 Å². The van der Waals surface area contributed by atoms with Crippen molar-refractivity contribution in [3.05, 3.63) is 65.2 Å². The SMILES string of the molecule is COc1cccc(C(CO)Cc2ccc(C(C)C)cc2)c1. The molecule has 2 heteroatoms. The third kappa shape index (κ3) is 4.08. The number of aliphatic hydroxyl groups excluding tert-OH is 1. The van der Waals surface area contributed by atoms with Gasteiger partial charge in [0.25, 0.3) is 0 Å². The lowest BCUT2D eigenvalue weighted by Gasteiger charge is -2.16. The minimum absolute atomic E-state index is 0.102. The minimum Gasteiger partial charge on any atom is -0.497 e. The molecule has 0 aliphatic heterocycles. The van der Waals surface area contributed by atoms with Crippen molar-refractivity contribution in [2.24, 2.45) is 0 Å². The van der Waals surface area contributed by atoms with Crippen LogP contribution in [-0.4, -0.2) is 18.8 Å². The highest BCUT2D eigenvalue weighted by molar-refractivity contribution is 5.33. The van der Waals surface area contributed by atoms with Gasteiger partial charge in [-0.25, -0.2) is 0 Å². The van der Waals surface area contributed by atoms with Crippen LogP contribution in [0.15, 0.2) is 48.5 Å². The number of aliphatic hydroxyl groups is 1. The summed E-state index contributed by atoms with van der Waals surface area (Å²) in [5.74, 6) is 1.48. The molecule has 0 aliphatic rings. The van der Waals surface area contributed by atoms with E-state index in [-0.39, 0.29) is 12.5 Å². The highest BCUT2D eigenvalue weighted by Crippen LogP contribution is 2.25. The first kappa shape index (κ1) is 15.6. The third-order valence-corrected chi connectivity index (χ3v) is 3.91. The first-order chi connectivity index (χ1) is 10.1. The Hall–Kier alpha value is -1.80. The highest BCUT2D eigenvalue weighted by Gasteiger charge is 2.12. The standard InChI is InChI=1S/C19H24O2/c1-14(2)16-9-7-15(8-10-16)11-18(13-20)17-5-4-6-19(12-17)21-3/h4-10,12,14,18,20H,11,13H2,1-3H3. The van der Waals surface area contributed by atoms with Crippen molar-refractivity contribution in [3.8, 4) is 5.75 Å². The van der Waals surface area contributed by atoms with Crippen molar-refractivity contribution in [2.75, 3.05) is 13.7 Å². The molecule has 0 aliphatic carbocycles. The summed E-state index contributed by atoms with van der Waals surface area (Å²) >= 11 is 0. The van der Waals surface area contributed by atoms with E-state index in [1.165, 1.54) is 11.1 Å². The average molecular weight is 284 g/mol. The maximum Gasteiger partial charge on any atom is 0.119 e. The lowest BCUT2D eigenvalue weighted by Crippen LogP contribution is -2.08. The summed E-state index contributed by atoms with van der Waals surface area (Å²) in [6.07, 6.45) is 0.835. The van der Waals surface area contributed by atoms with Gasteiger partial charge in [0.15, 0.2) is 0 Å². The van der Waals surface area contributed by atoms with Crippen LogP contribution in [0.25, 0.3) is 0 Å². The predicted molar refractivity (Wildman–Crippen MR) is 87.1 cm³/mol. The van der Waals surface area contributed by atoms with Gasteiger partial charge in [-0.15, -0.1) is 0 Å². The van der Waals surface area contributed by atoms with Gasteiger partial charge in [-0.1, -0.05) is 50.2 Å². The summed E-state index contributed by atoms with van der Waals surface area (Å²) in [5.41, 5.74) is 3.71. The second kappa shape index (κ2) is 7.28. The van der Waals surface area contributed by atoms with Crippen LogP contribution in [0.3, 0.4) is 0 Å². The second-order valence-corrected chi connectivity index (χ2v) is 5.76. The molecule has 0 bridgehead atoms. The van der Waals surface area contributed by atoms with Crippen LogP contribution in [0.2, 0.25) is 0 Å². The minimum atomic E-state index is 0.102. The number of methoxy groups -OCH3 is 1. The zero-order valence-corrected chi connectivity index (χ0v) is 13.0. The van der Waals surface area contributed by atoms with Crippen molar-refractivity contribution >= 4 is 0 Å². The number of benzene rings is 2. The van der Waals surface area contributed by atoms with E-state index in [1.807, 2.05) is 24.3 Å². The Labute approximate surface area is 127 Å². The molecule has 0 fully saturated rings. The molecular formula is C19H24O2. The smallest absolute Gasteiger partial charge is 0.119 e. The molecule has 0 aromatic heterocycles. The molecule has 0 spiro atoms. The molecule has 1 N–H and O–H groups in total. The highest BCUT2D eigenvalue weighted by atomic mass is 16.5. The van der Waals surface area contributed by atoms with Gasteiger partial charge < -0.3 is 9.84 Å². The fraction of sp³-hybridized carbons (Fsp3) is 0.368. The molecular weight excluding hydrogens is 260 g/mol. The molecule has 0 saturated heterocycles. The lowest BCUT2D eigenvalue weighted by molar-refractivity contribution is 0.264. The van der Waals surface area contributed by atoms with Crippen molar-refractivity contribution in [1.82, 2.24) is 0 Å². The number of hydrogen-bond acceptors (Lipinski definition) is 2. The molecule has 1 atom stereocenters. The van der Waals surface area contributed by atoms with E-state index in [2.05, 4.69) is 38.1 Å². The predicted octanol–water partition coefficient (Wildman–Crippen LogP) is 4.14. The van der Waals surface area contributed by atoms with Gasteiger partial charge in [-0.2, -0.15) is 0 Å². The van der Waals surface area contributed by atoms with Crippen LogP contribution in [0.4, 0.5) is 0 Å². The van der Waals surface area contributed by atoms with Crippen LogP contribution < -0.4 is 4.74 Å². The summed E-state index contributed by atoms with van der Waals surface area (Å²) in [5, 5.41) is 9.71. The molecule has 2 aromatic rings. The van der Waals surface area contributed by atoms with Crippen LogP contribution in [0, 0.1) is 0 Å². The Kier molecular flexibility index (Phi) is 5.40. The molecule has 2 nitrogen and oxygen atoms in total. The Morgan fingerprint density at radius 3 is 2.29 bits per heavy atom. The molecule has 0 radical (unpaired) electrons. The summed E-state index contributed by atoms with van der Waals surface area (Å²) in [4.78, 5) is 0. The topological polar surface area (TPSA) is 29.5 Å². The average Bonchev–Trinajstić information content (AvgIpc) is 2.53. The van der Waals surface area contributed by atoms with Crippen molar-refractivity contribution in [2.45, 2.75) is 32.1 Å². The molecule has 0 heterocycles. The largest absolute Gasteiger partial charge is 0.497 e. The van der Waals surface area contributed by atoms with E-state index >= 15 is 0 Å². The Bertz CT molecular complexity index is 558. The van der Waals surface area contributed by atoms with Gasteiger partial charge in [0, 0.05) is 5.92 Å². The Morgan fingerprint density at radius 2 is 1.71 bits per heavy atom. The van der Waals surface area contributed by atoms with Gasteiger partial charge in [0.05, 0.1) is 13.7 Å². The van der Waals surface area contributed by atoms with Gasteiger partial charge in [-0.3, -0.25) is 0 Å². The zero-order chi connectivity index (χ0) is 15.2. The first-order valence-corrected chi connectivity index (χ1v) is 7.47. The van der Waals surface area contributed by atoms with Gasteiger partial charge >= 0.3 is 0 Å². The molecule has 0 amide bonds. The Morgan fingerprint density at radius 1 is 1.00 bits per heavy atom. The lowest BCUT2D eigenvalue weighted by atomic mass is 9.91. The monoisotopic (exact) mass is 284 g/mol. The summed E-state index contributed by atoms with van der Waals surface area (Å²) in [6.45, 7) is 4.53. The summed E-state index contributed by atoms with van der Waals surface area (Å²) in [6, 6.07) is 16.6.